The number of hydrogen-bond acceptors (Lipinski definition) is 4. The van der Waals surface area contributed by atoms with Gasteiger partial charge in [-0.2, -0.15) is 0 Å². The van der Waals surface area contributed by atoms with Crippen LogP contribution in [0.3, 0.4) is 0 Å². The van der Waals surface area contributed by atoms with E-state index in [1.165, 1.54) is 6.08 Å². The van der Waals surface area contributed by atoms with Gasteiger partial charge in [0, 0.05) is 17.5 Å². The van der Waals surface area contributed by atoms with Crippen molar-refractivity contribution in [2.24, 2.45) is 0 Å². The fourth-order valence-corrected chi connectivity index (χ4v) is 1.53. The first-order valence-electron chi connectivity index (χ1n) is 5.30. The molecule has 5 nitrogen and oxygen atoms in total. The molecule has 0 spiro atoms. The summed E-state index contributed by atoms with van der Waals surface area (Å²) in [6.07, 6.45) is 3.48. The van der Waals surface area contributed by atoms with Gasteiger partial charge in [0.2, 0.25) is 0 Å². The highest BCUT2D eigenvalue weighted by atomic mass is 35.5. The molecular weight excluding hydrogens is 277 g/mol. The smallest absolute Gasteiger partial charge is 0.344 e. The van der Waals surface area contributed by atoms with Gasteiger partial charge in [0.05, 0.1) is 12.0 Å². The lowest BCUT2D eigenvalue weighted by atomic mass is 10.1. The van der Waals surface area contributed by atoms with E-state index in [2.05, 4.69) is 4.74 Å². The lowest BCUT2D eigenvalue weighted by molar-refractivity contribution is -0.385. The van der Waals surface area contributed by atoms with Crippen LogP contribution in [-0.2, 0) is 4.74 Å². The number of methoxy groups -OCH3 is 1. The van der Waals surface area contributed by atoms with E-state index in [1.54, 1.807) is 6.08 Å². The molecule has 0 saturated carbocycles. The summed E-state index contributed by atoms with van der Waals surface area (Å²) in [5.74, 6) is -1.33. The van der Waals surface area contributed by atoms with Crippen molar-refractivity contribution in [3.8, 4) is 0 Å². The number of nitro groups is 1. The maximum absolute atomic E-state index is 13.7. The van der Waals surface area contributed by atoms with Crippen LogP contribution >= 0.6 is 11.6 Å². The second kappa shape index (κ2) is 6.84. The van der Waals surface area contributed by atoms with E-state index in [0.717, 1.165) is 19.2 Å². The molecule has 0 N–H and O–H groups in total. The third-order valence-electron chi connectivity index (χ3n) is 2.29. The Morgan fingerprint density at radius 3 is 2.79 bits per heavy atom. The second-order valence-electron chi connectivity index (χ2n) is 3.52. The van der Waals surface area contributed by atoms with E-state index >= 15 is 0 Å². The fourth-order valence-electron chi connectivity index (χ4n) is 1.40. The Hall–Kier alpha value is -1.95. The Morgan fingerprint density at radius 1 is 1.58 bits per heavy atom. The van der Waals surface area contributed by atoms with Gasteiger partial charge < -0.3 is 4.74 Å². The minimum Gasteiger partial charge on any atom is -0.465 e. The number of nitro benzene ring substituents is 1. The number of ether oxygens (including phenoxy) is 1. The number of alkyl halides is 1. The van der Waals surface area contributed by atoms with Crippen LogP contribution in [0.5, 0.6) is 0 Å². The molecule has 0 atom stereocenters. The molecule has 1 rings (SSSR count). The van der Waals surface area contributed by atoms with Gasteiger partial charge >= 0.3 is 5.97 Å². The Labute approximate surface area is 113 Å². The molecule has 102 valence electrons. The Morgan fingerprint density at radius 2 is 2.26 bits per heavy atom. The summed E-state index contributed by atoms with van der Waals surface area (Å²) in [7, 11) is 1.07. The van der Waals surface area contributed by atoms with Crippen molar-refractivity contribution in [3.63, 3.8) is 0 Å². The van der Waals surface area contributed by atoms with Crippen molar-refractivity contribution >= 4 is 29.3 Å². The average Bonchev–Trinajstić information content (AvgIpc) is 2.39. The Kier molecular flexibility index (Phi) is 5.44. The normalized spacial score (nSPS) is 10.7. The number of allylic oxidation sites excluding steroid dienone is 1. The minimum atomic E-state index is -0.957. The first kappa shape index (κ1) is 15.1. The molecule has 1 aromatic carbocycles. The highest BCUT2D eigenvalue weighted by Crippen LogP contribution is 2.24. The van der Waals surface area contributed by atoms with Crippen LogP contribution in [0.15, 0.2) is 18.2 Å². The number of halogens is 2. The Balaban J connectivity index is 3.28. The van der Waals surface area contributed by atoms with E-state index in [-0.39, 0.29) is 5.56 Å². The van der Waals surface area contributed by atoms with Crippen LogP contribution < -0.4 is 0 Å². The van der Waals surface area contributed by atoms with Crippen LogP contribution in [0.2, 0.25) is 0 Å². The Bertz CT molecular complexity index is 531. The van der Waals surface area contributed by atoms with E-state index in [4.69, 9.17) is 11.6 Å². The molecule has 1 aromatic rings. The first-order chi connectivity index (χ1) is 9.01. The molecule has 0 saturated heterocycles. The number of carbonyl (C=O) groups excluding carboxylic acids is 1. The molecule has 0 radical (unpaired) electrons. The number of carbonyl (C=O) groups is 1. The molecule has 7 heteroatoms. The summed E-state index contributed by atoms with van der Waals surface area (Å²) in [5.41, 5.74) is -0.900. The molecule has 19 heavy (non-hydrogen) atoms. The van der Waals surface area contributed by atoms with Crippen LogP contribution in [0.1, 0.15) is 22.3 Å². The summed E-state index contributed by atoms with van der Waals surface area (Å²) in [4.78, 5) is 21.4. The highest BCUT2D eigenvalue weighted by Gasteiger charge is 2.23. The monoisotopic (exact) mass is 287 g/mol. The number of esters is 1. The number of hydrogen-bond donors (Lipinski definition) is 0. The maximum atomic E-state index is 13.7. The maximum Gasteiger partial charge on any atom is 0.344 e. The molecular formula is C12H11ClFNO4. The lowest BCUT2D eigenvalue weighted by Gasteiger charge is -2.03. The molecule has 0 aliphatic carbocycles. The average molecular weight is 288 g/mol. The van der Waals surface area contributed by atoms with Gasteiger partial charge in [0.1, 0.15) is 11.4 Å². The standard InChI is InChI=1S/C12H11ClFNO4/c1-19-12(16)9-7-10(14)8(4-2-3-5-13)6-11(9)15(17)18/h2,4,6-7H,3,5H2,1H3. The van der Waals surface area contributed by atoms with Crippen molar-refractivity contribution in [1.29, 1.82) is 0 Å². The number of rotatable bonds is 5. The van der Waals surface area contributed by atoms with Crippen molar-refractivity contribution < 1.29 is 18.8 Å². The number of nitrogens with zero attached hydrogens (tertiary/aromatic N) is 1. The predicted octanol–water partition coefficient (Wildman–Crippen LogP) is 3.16. The minimum absolute atomic E-state index is 0.0180. The van der Waals surface area contributed by atoms with Gasteiger partial charge in [-0.3, -0.25) is 10.1 Å². The van der Waals surface area contributed by atoms with Crippen LogP contribution in [-0.4, -0.2) is 23.9 Å². The molecule has 0 aromatic heterocycles. The summed E-state index contributed by atoms with van der Waals surface area (Å²) in [6, 6.07) is 1.79. The van der Waals surface area contributed by atoms with Gasteiger partial charge in [0.15, 0.2) is 0 Å². The van der Waals surface area contributed by atoms with Crippen molar-refractivity contribution in [1.82, 2.24) is 0 Å². The molecule has 0 amide bonds. The fraction of sp³-hybridized carbons (Fsp3) is 0.250. The van der Waals surface area contributed by atoms with E-state index in [0.29, 0.717) is 12.3 Å². The summed E-state index contributed by atoms with van der Waals surface area (Å²) < 4.78 is 18.1. The van der Waals surface area contributed by atoms with Crippen molar-refractivity contribution in [2.75, 3.05) is 13.0 Å². The largest absolute Gasteiger partial charge is 0.465 e. The molecule has 0 fully saturated rings. The van der Waals surface area contributed by atoms with E-state index < -0.39 is 28.0 Å². The second-order valence-corrected chi connectivity index (χ2v) is 3.90. The van der Waals surface area contributed by atoms with Gasteiger partial charge in [-0.25, -0.2) is 9.18 Å². The highest BCUT2D eigenvalue weighted by molar-refractivity contribution is 6.17. The summed E-state index contributed by atoms with van der Waals surface area (Å²) in [5, 5.41) is 10.9. The molecule has 0 heterocycles. The zero-order valence-corrected chi connectivity index (χ0v) is 10.8. The van der Waals surface area contributed by atoms with Gasteiger partial charge in [-0.05, 0) is 12.5 Å². The molecule has 0 aliphatic heterocycles. The summed E-state index contributed by atoms with van der Waals surface area (Å²) >= 11 is 5.46. The lowest BCUT2D eigenvalue weighted by Crippen LogP contribution is -2.07. The van der Waals surface area contributed by atoms with E-state index in [9.17, 15) is 19.3 Å². The van der Waals surface area contributed by atoms with Crippen LogP contribution in [0, 0.1) is 15.9 Å². The molecule has 0 bridgehead atoms. The zero-order chi connectivity index (χ0) is 14.4. The van der Waals surface area contributed by atoms with Gasteiger partial charge in [-0.15, -0.1) is 11.6 Å². The topological polar surface area (TPSA) is 69.4 Å². The third-order valence-corrected chi connectivity index (χ3v) is 2.51. The quantitative estimate of drug-likeness (QED) is 0.361. The van der Waals surface area contributed by atoms with Crippen LogP contribution in [0.25, 0.3) is 6.08 Å². The van der Waals surface area contributed by atoms with Crippen molar-refractivity contribution in [3.05, 3.63) is 45.3 Å². The van der Waals surface area contributed by atoms with E-state index in [1.807, 2.05) is 0 Å². The molecule has 0 aliphatic rings. The third kappa shape index (κ3) is 3.75. The first-order valence-corrected chi connectivity index (χ1v) is 5.83. The van der Waals surface area contributed by atoms with Gasteiger partial charge in [-0.1, -0.05) is 12.2 Å². The van der Waals surface area contributed by atoms with Gasteiger partial charge in [0.25, 0.3) is 5.69 Å². The predicted molar refractivity (Wildman–Crippen MR) is 68.8 cm³/mol. The SMILES string of the molecule is COC(=O)c1cc(F)c(C=CCCCl)cc1[N+](=O)[O-]. The van der Waals surface area contributed by atoms with Crippen molar-refractivity contribution in [2.45, 2.75) is 6.42 Å². The van der Waals surface area contributed by atoms with Crippen LogP contribution in [0.4, 0.5) is 10.1 Å². The zero-order valence-electron chi connectivity index (χ0n) is 10.1. The summed E-state index contributed by atoms with van der Waals surface area (Å²) in [6.45, 7) is 0. The molecule has 0 unspecified atom stereocenters. The number of benzene rings is 1.